The third-order valence-corrected chi connectivity index (χ3v) is 2.00. The van der Waals surface area contributed by atoms with Gasteiger partial charge in [-0.3, -0.25) is 9.59 Å². The summed E-state index contributed by atoms with van der Waals surface area (Å²) in [5.74, 6) is -0.279. The van der Waals surface area contributed by atoms with Crippen LogP contribution in [0.15, 0.2) is 0 Å². The number of hydrogen-bond acceptors (Lipinski definition) is 3. The summed E-state index contributed by atoms with van der Waals surface area (Å²) in [6.07, 6.45) is 1.88. The van der Waals surface area contributed by atoms with Crippen molar-refractivity contribution < 1.29 is 14.3 Å². The average molecular weight is 170 g/mol. The molecule has 0 N–H and O–H groups in total. The Balaban J connectivity index is 2.45. The van der Waals surface area contributed by atoms with Crippen molar-refractivity contribution in [3.8, 4) is 0 Å². The van der Waals surface area contributed by atoms with Crippen molar-refractivity contribution in [2.45, 2.75) is 33.1 Å². The van der Waals surface area contributed by atoms with Crippen LogP contribution in [0.1, 0.15) is 33.1 Å². The van der Waals surface area contributed by atoms with E-state index in [9.17, 15) is 9.59 Å². The highest BCUT2D eigenvalue weighted by molar-refractivity contribution is 5.89. The standard InChI is InChI=1S/C9H14O3/c1-6(2)5-7-3-4-8(10)12-9(7)11/h6-7H,3-5H2,1-2H3. The van der Waals surface area contributed by atoms with Crippen LogP contribution in [0.2, 0.25) is 0 Å². The van der Waals surface area contributed by atoms with Crippen LogP contribution in [0.3, 0.4) is 0 Å². The molecule has 12 heavy (non-hydrogen) atoms. The van der Waals surface area contributed by atoms with Crippen LogP contribution >= 0.6 is 0 Å². The molecule has 0 radical (unpaired) electrons. The maximum absolute atomic E-state index is 11.1. The van der Waals surface area contributed by atoms with Gasteiger partial charge in [0.2, 0.25) is 0 Å². The van der Waals surface area contributed by atoms with Gasteiger partial charge in [0.15, 0.2) is 0 Å². The van der Waals surface area contributed by atoms with Crippen molar-refractivity contribution in [3.05, 3.63) is 0 Å². The molecule has 68 valence electrons. The Kier molecular flexibility index (Phi) is 2.84. The van der Waals surface area contributed by atoms with E-state index in [0.717, 1.165) is 6.42 Å². The molecule has 1 unspecified atom stereocenters. The summed E-state index contributed by atoms with van der Waals surface area (Å²) in [4.78, 5) is 21.8. The summed E-state index contributed by atoms with van der Waals surface area (Å²) in [7, 11) is 0. The Morgan fingerprint density at radius 2 is 2.17 bits per heavy atom. The number of carbonyl (C=O) groups excluding carboxylic acids is 2. The molecule has 0 bridgehead atoms. The summed E-state index contributed by atoms with van der Waals surface area (Å²) in [5, 5.41) is 0. The largest absolute Gasteiger partial charge is 0.393 e. The molecule has 0 aromatic carbocycles. The smallest absolute Gasteiger partial charge is 0.316 e. The number of rotatable bonds is 2. The van der Waals surface area contributed by atoms with E-state index in [-0.39, 0.29) is 17.9 Å². The summed E-state index contributed by atoms with van der Waals surface area (Å²) < 4.78 is 4.52. The Labute approximate surface area is 72.1 Å². The first kappa shape index (κ1) is 9.23. The molecular weight excluding hydrogens is 156 g/mol. The van der Waals surface area contributed by atoms with E-state index in [2.05, 4.69) is 18.6 Å². The first-order valence-corrected chi connectivity index (χ1v) is 4.34. The van der Waals surface area contributed by atoms with Crippen LogP contribution in [-0.4, -0.2) is 11.9 Å². The normalized spacial score (nSPS) is 24.4. The minimum atomic E-state index is -0.375. The van der Waals surface area contributed by atoms with Gasteiger partial charge in [0, 0.05) is 6.42 Å². The second kappa shape index (κ2) is 3.70. The van der Waals surface area contributed by atoms with E-state index in [1.807, 2.05) is 0 Å². The van der Waals surface area contributed by atoms with Crippen molar-refractivity contribution in [1.82, 2.24) is 0 Å². The highest BCUT2D eigenvalue weighted by atomic mass is 16.6. The Morgan fingerprint density at radius 1 is 1.50 bits per heavy atom. The van der Waals surface area contributed by atoms with Gasteiger partial charge in [0.1, 0.15) is 0 Å². The number of carbonyl (C=O) groups is 2. The van der Waals surface area contributed by atoms with E-state index in [0.29, 0.717) is 18.8 Å². The molecule has 1 heterocycles. The van der Waals surface area contributed by atoms with Gasteiger partial charge in [-0.2, -0.15) is 0 Å². The Morgan fingerprint density at radius 3 is 2.67 bits per heavy atom. The van der Waals surface area contributed by atoms with Crippen LogP contribution in [0.25, 0.3) is 0 Å². The lowest BCUT2D eigenvalue weighted by atomic mass is 9.92. The molecule has 0 spiro atoms. The van der Waals surface area contributed by atoms with Gasteiger partial charge in [0.25, 0.3) is 0 Å². The van der Waals surface area contributed by atoms with Crippen molar-refractivity contribution >= 4 is 11.9 Å². The Hall–Kier alpha value is -0.860. The quantitative estimate of drug-likeness (QED) is 0.466. The average Bonchev–Trinajstić information content (AvgIpc) is 1.94. The molecule has 1 aliphatic heterocycles. The van der Waals surface area contributed by atoms with E-state index in [4.69, 9.17) is 0 Å². The number of esters is 2. The fraction of sp³-hybridized carbons (Fsp3) is 0.778. The topological polar surface area (TPSA) is 43.4 Å². The lowest BCUT2D eigenvalue weighted by Gasteiger charge is -2.20. The summed E-state index contributed by atoms with van der Waals surface area (Å²) in [6, 6.07) is 0. The van der Waals surface area contributed by atoms with Crippen LogP contribution < -0.4 is 0 Å². The van der Waals surface area contributed by atoms with Gasteiger partial charge < -0.3 is 4.74 Å². The van der Waals surface area contributed by atoms with E-state index < -0.39 is 0 Å². The lowest BCUT2D eigenvalue weighted by Crippen LogP contribution is -2.28. The highest BCUT2D eigenvalue weighted by Crippen LogP contribution is 2.22. The molecule has 0 aromatic rings. The molecule has 0 amide bonds. The maximum Gasteiger partial charge on any atom is 0.316 e. The predicted octanol–water partition coefficient (Wildman–Crippen LogP) is 1.51. The molecule has 1 rings (SSSR count). The zero-order chi connectivity index (χ0) is 9.14. The van der Waals surface area contributed by atoms with Gasteiger partial charge in [-0.1, -0.05) is 13.8 Å². The predicted molar refractivity (Wildman–Crippen MR) is 43.3 cm³/mol. The van der Waals surface area contributed by atoms with E-state index in [1.165, 1.54) is 0 Å². The summed E-state index contributed by atoms with van der Waals surface area (Å²) in [6.45, 7) is 4.12. The molecule has 0 aliphatic carbocycles. The maximum atomic E-state index is 11.1. The molecule has 1 fully saturated rings. The van der Waals surface area contributed by atoms with Crippen LogP contribution in [0, 0.1) is 11.8 Å². The minimum Gasteiger partial charge on any atom is -0.393 e. The fourth-order valence-electron chi connectivity index (χ4n) is 1.44. The first-order chi connectivity index (χ1) is 5.59. The molecule has 3 nitrogen and oxygen atoms in total. The van der Waals surface area contributed by atoms with Gasteiger partial charge in [0.05, 0.1) is 5.92 Å². The summed E-state index contributed by atoms with van der Waals surface area (Å²) in [5.41, 5.74) is 0. The lowest BCUT2D eigenvalue weighted by molar-refractivity contribution is -0.167. The van der Waals surface area contributed by atoms with Gasteiger partial charge >= 0.3 is 11.9 Å². The zero-order valence-electron chi connectivity index (χ0n) is 7.50. The highest BCUT2D eigenvalue weighted by Gasteiger charge is 2.29. The second-order valence-electron chi connectivity index (χ2n) is 3.66. The van der Waals surface area contributed by atoms with Gasteiger partial charge in [-0.15, -0.1) is 0 Å². The van der Waals surface area contributed by atoms with Crippen molar-refractivity contribution in [3.63, 3.8) is 0 Å². The molecular formula is C9H14O3. The van der Waals surface area contributed by atoms with Crippen molar-refractivity contribution in [2.24, 2.45) is 11.8 Å². The fourth-order valence-corrected chi connectivity index (χ4v) is 1.44. The monoisotopic (exact) mass is 170 g/mol. The SMILES string of the molecule is CC(C)CC1CCC(=O)OC1=O. The van der Waals surface area contributed by atoms with Crippen molar-refractivity contribution in [2.75, 3.05) is 0 Å². The number of ether oxygens (including phenoxy) is 1. The van der Waals surface area contributed by atoms with E-state index >= 15 is 0 Å². The molecule has 1 atom stereocenters. The van der Waals surface area contributed by atoms with Crippen molar-refractivity contribution in [1.29, 1.82) is 0 Å². The zero-order valence-corrected chi connectivity index (χ0v) is 7.50. The molecule has 1 aliphatic rings. The second-order valence-corrected chi connectivity index (χ2v) is 3.66. The van der Waals surface area contributed by atoms with E-state index in [1.54, 1.807) is 0 Å². The third-order valence-electron chi connectivity index (χ3n) is 2.00. The van der Waals surface area contributed by atoms with Gasteiger partial charge in [-0.25, -0.2) is 0 Å². The molecule has 3 heteroatoms. The van der Waals surface area contributed by atoms with Gasteiger partial charge in [-0.05, 0) is 18.8 Å². The minimum absolute atomic E-state index is 0.0531. The van der Waals surface area contributed by atoms with Crippen LogP contribution in [0.4, 0.5) is 0 Å². The molecule has 1 saturated heterocycles. The first-order valence-electron chi connectivity index (χ1n) is 4.34. The van der Waals surface area contributed by atoms with Crippen LogP contribution in [0.5, 0.6) is 0 Å². The number of cyclic esters (lactones) is 2. The number of hydrogen-bond donors (Lipinski definition) is 0. The third kappa shape index (κ3) is 2.32. The Bertz CT molecular complexity index is 196. The molecule has 0 saturated carbocycles. The summed E-state index contributed by atoms with van der Waals surface area (Å²) >= 11 is 0. The molecule has 0 aromatic heterocycles. The van der Waals surface area contributed by atoms with Crippen LogP contribution in [-0.2, 0) is 14.3 Å².